The van der Waals surface area contributed by atoms with Gasteiger partial charge >= 0.3 is 0 Å². The SMILES string of the molecule is Clc1ccc(N=Cc2cn(-c3ccccc3)nc2-c2ccc(-c3nn(-c4ccccc4)cc3C=Nc3ccc(Cl)cc3)cc2)cc1. The van der Waals surface area contributed by atoms with E-state index >= 15 is 0 Å². The van der Waals surface area contributed by atoms with E-state index in [1.165, 1.54) is 0 Å². The minimum absolute atomic E-state index is 0.671. The van der Waals surface area contributed by atoms with E-state index in [0.29, 0.717) is 10.0 Å². The lowest BCUT2D eigenvalue weighted by Crippen LogP contribution is -1.94. The van der Waals surface area contributed by atoms with E-state index in [0.717, 1.165) is 56.4 Å². The van der Waals surface area contributed by atoms with Gasteiger partial charge in [0.15, 0.2) is 0 Å². The van der Waals surface area contributed by atoms with Crippen LogP contribution in [0.5, 0.6) is 0 Å². The third-order valence-electron chi connectivity index (χ3n) is 7.32. The lowest BCUT2D eigenvalue weighted by Gasteiger charge is -2.04. The molecule has 222 valence electrons. The molecule has 0 spiro atoms. The first-order valence-corrected chi connectivity index (χ1v) is 15.3. The number of para-hydroxylation sites is 2. The first kappa shape index (κ1) is 29.2. The Bertz CT molecular complexity index is 1970. The number of benzene rings is 5. The maximum Gasteiger partial charge on any atom is 0.101 e. The van der Waals surface area contributed by atoms with Crippen LogP contribution in [0, 0.1) is 0 Å². The van der Waals surface area contributed by atoms with Crippen LogP contribution in [0.3, 0.4) is 0 Å². The van der Waals surface area contributed by atoms with E-state index < -0.39 is 0 Å². The molecule has 2 heterocycles. The molecular formula is C38H26Cl2N6. The van der Waals surface area contributed by atoms with Crippen LogP contribution < -0.4 is 0 Å². The molecule has 0 bridgehead atoms. The van der Waals surface area contributed by atoms with Gasteiger partial charge in [0.2, 0.25) is 0 Å². The van der Waals surface area contributed by atoms with E-state index in [2.05, 4.69) is 24.3 Å². The molecule has 5 aromatic carbocycles. The zero-order chi connectivity index (χ0) is 31.3. The van der Waals surface area contributed by atoms with Crippen molar-refractivity contribution in [3.8, 4) is 33.9 Å². The predicted molar refractivity (Wildman–Crippen MR) is 189 cm³/mol. The van der Waals surface area contributed by atoms with Crippen LogP contribution in [0.25, 0.3) is 33.9 Å². The second-order valence-electron chi connectivity index (χ2n) is 10.5. The van der Waals surface area contributed by atoms with Crippen LogP contribution in [0.15, 0.2) is 156 Å². The molecule has 0 aliphatic carbocycles. The zero-order valence-corrected chi connectivity index (χ0v) is 26.0. The summed E-state index contributed by atoms with van der Waals surface area (Å²) in [6, 6.07) is 43.2. The maximum atomic E-state index is 6.07. The van der Waals surface area contributed by atoms with Crippen molar-refractivity contribution in [1.82, 2.24) is 19.6 Å². The van der Waals surface area contributed by atoms with Gasteiger partial charge < -0.3 is 0 Å². The van der Waals surface area contributed by atoms with Gasteiger partial charge in [0.05, 0.1) is 22.7 Å². The smallest absolute Gasteiger partial charge is 0.101 e. The summed E-state index contributed by atoms with van der Waals surface area (Å²) in [5.41, 5.74) is 8.83. The molecule has 0 aliphatic heterocycles. The summed E-state index contributed by atoms with van der Waals surface area (Å²) in [6.07, 6.45) is 7.66. The molecule has 7 aromatic rings. The Balaban J connectivity index is 1.26. The van der Waals surface area contributed by atoms with Crippen molar-refractivity contribution >= 4 is 47.0 Å². The highest BCUT2D eigenvalue weighted by molar-refractivity contribution is 6.30. The monoisotopic (exact) mass is 636 g/mol. The van der Waals surface area contributed by atoms with Gasteiger partial charge in [0, 0.05) is 57.1 Å². The fraction of sp³-hybridized carbons (Fsp3) is 0. The molecule has 0 unspecified atom stereocenters. The van der Waals surface area contributed by atoms with Crippen molar-refractivity contribution in [3.63, 3.8) is 0 Å². The maximum absolute atomic E-state index is 6.07. The molecule has 0 saturated heterocycles. The number of halogens is 2. The highest BCUT2D eigenvalue weighted by Crippen LogP contribution is 2.29. The van der Waals surface area contributed by atoms with Crippen molar-refractivity contribution in [2.45, 2.75) is 0 Å². The van der Waals surface area contributed by atoms with Gasteiger partial charge in [-0.15, -0.1) is 0 Å². The average Bonchev–Trinajstić information content (AvgIpc) is 3.74. The van der Waals surface area contributed by atoms with Crippen LogP contribution >= 0.6 is 23.2 Å². The number of hydrogen-bond acceptors (Lipinski definition) is 4. The van der Waals surface area contributed by atoms with Crippen molar-refractivity contribution in [1.29, 1.82) is 0 Å². The summed E-state index contributed by atoms with van der Waals surface area (Å²) in [7, 11) is 0. The van der Waals surface area contributed by atoms with Crippen molar-refractivity contribution in [2.75, 3.05) is 0 Å². The van der Waals surface area contributed by atoms with Gasteiger partial charge in [-0.3, -0.25) is 9.98 Å². The summed E-state index contributed by atoms with van der Waals surface area (Å²) in [5, 5.41) is 11.3. The first-order chi connectivity index (χ1) is 22.6. The Morgan fingerprint density at radius 3 is 1.20 bits per heavy atom. The van der Waals surface area contributed by atoms with Crippen LogP contribution in [-0.4, -0.2) is 32.0 Å². The van der Waals surface area contributed by atoms with Gasteiger partial charge in [-0.05, 0) is 72.8 Å². The summed E-state index contributed by atoms with van der Waals surface area (Å²) in [4.78, 5) is 9.40. The first-order valence-electron chi connectivity index (χ1n) is 14.6. The van der Waals surface area contributed by atoms with Crippen molar-refractivity contribution in [2.24, 2.45) is 9.98 Å². The molecule has 0 radical (unpaired) electrons. The van der Waals surface area contributed by atoms with Crippen LogP contribution in [-0.2, 0) is 0 Å². The molecule has 7 rings (SSSR count). The lowest BCUT2D eigenvalue weighted by molar-refractivity contribution is 0.883. The standard InChI is InChI=1S/C38H26Cl2N6/c39-31-15-19-33(20-16-31)41-23-29-25-45(35-7-3-1-4-8-35)43-37(29)27-11-13-28(14-12-27)38-30(24-42-34-21-17-32(40)18-22-34)26-46(44-38)36-9-5-2-6-10-36/h1-26H. The van der Waals surface area contributed by atoms with E-state index in [-0.39, 0.29) is 0 Å². The van der Waals surface area contributed by atoms with Gasteiger partial charge in [0.1, 0.15) is 11.4 Å². The van der Waals surface area contributed by atoms with Gasteiger partial charge in [-0.25, -0.2) is 9.36 Å². The second-order valence-corrected chi connectivity index (χ2v) is 11.3. The molecule has 6 nitrogen and oxygen atoms in total. The number of hydrogen-bond donors (Lipinski definition) is 0. The molecule has 0 amide bonds. The summed E-state index contributed by atoms with van der Waals surface area (Å²) in [5.74, 6) is 0. The quantitative estimate of drug-likeness (QED) is 0.156. The molecule has 0 fully saturated rings. The van der Waals surface area contributed by atoms with Crippen molar-refractivity contribution in [3.05, 3.63) is 167 Å². The summed E-state index contributed by atoms with van der Waals surface area (Å²) in [6.45, 7) is 0. The zero-order valence-electron chi connectivity index (χ0n) is 24.5. The van der Waals surface area contributed by atoms with Crippen LogP contribution in [0.2, 0.25) is 10.0 Å². The lowest BCUT2D eigenvalue weighted by atomic mass is 10.0. The summed E-state index contributed by atoms with van der Waals surface area (Å²) >= 11 is 12.1. The molecular weight excluding hydrogens is 611 g/mol. The highest BCUT2D eigenvalue weighted by Gasteiger charge is 2.15. The van der Waals surface area contributed by atoms with Crippen LogP contribution in [0.1, 0.15) is 11.1 Å². The molecule has 46 heavy (non-hydrogen) atoms. The van der Waals surface area contributed by atoms with E-state index in [1.807, 2.05) is 143 Å². The van der Waals surface area contributed by atoms with Crippen LogP contribution in [0.4, 0.5) is 11.4 Å². The molecule has 0 saturated carbocycles. The molecule has 0 atom stereocenters. The number of aromatic nitrogens is 4. The Hall–Kier alpha value is -5.56. The largest absolute Gasteiger partial charge is 0.256 e. The van der Waals surface area contributed by atoms with Gasteiger partial charge in [0.25, 0.3) is 0 Å². The molecule has 2 aromatic heterocycles. The third kappa shape index (κ3) is 6.59. The molecule has 8 heteroatoms. The fourth-order valence-electron chi connectivity index (χ4n) is 4.97. The highest BCUT2D eigenvalue weighted by atomic mass is 35.5. The van der Waals surface area contributed by atoms with Crippen molar-refractivity contribution < 1.29 is 0 Å². The number of nitrogens with zero attached hydrogens (tertiary/aromatic N) is 6. The topological polar surface area (TPSA) is 60.4 Å². The fourth-order valence-corrected chi connectivity index (χ4v) is 5.22. The normalized spacial score (nSPS) is 11.5. The minimum atomic E-state index is 0.671. The Morgan fingerprint density at radius 1 is 0.457 bits per heavy atom. The van der Waals surface area contributed by atoms with Gasteiger partial charge in [-0.2, -0.15) is 10.2 Å². The average molecular weight is 638 g/mol. The van der Waals surface area contributed by atoms with Gasteiger partial charge in [-0.1, -0.05) is 83.9 Å². The minimum Gasteiger partial charge on any atom is -0.256 e. The number of rotatable bonds is 8. The third-order valence-corrected chi connectivity index (χ3v) is 7.82. The van der Waals surface area contributed by atoms with E-state index in [9.17, 15) is 0 Å². The van der Waals surface area contributed by atoms with E-state index in [4.69, 9.17) is 43.4 Å². The molecule has 0 aliphatic rings. The van der Waals surface area contributed by atoms with E-state index in [1.54, 1.807) is 0 Å². The summed E-state index contributed by atoms with van der Waals surface area (Å²) < 4.78 is 3.75. The Labute approximate surface area is 276 Å². The second kappa shape index (κ2) is 13.2. The number of aliphatic imine (C=N–C) groups is 2. The Morgan fingerprint density at radius 2 is 0.826 bits per heavy atom. The molecule has 0 N–H and O–H groups in total. The predicted octanol–water partition coefficient (Wildman–Crippen LogP) is 10.2. The Kier molecular flexibility index (Phi) is 8.37.